The summed E-state index contributed by atoms with van der Waals surface area (Å²) in [5, 5.41) is 0. The van der Waals surface area contributed by atoms with Gasteiger partial charge in [-0.1, -0.05) is 30.3 Å². The number of nitrogens with zero attached hydrogens (tertiary/aromatic N) is 5. The third-order valence-corrected chi connectivity index (χ3v) is 5.84. The van der Waals surface area contributed by atoms with E-state index in [-0.39, 0.29) is 0 Å². The standard InChI is InChI=1S/C27H29N5O2/c1-3-33-18-16-31-24-14-7-5-10-20(24)29-26(31)22-12-9-13-23(28-22)27-30-21-11-6-8-15-25(21)32(27)17-19-34-4-2/h5-15H,3-4,16-19H2,1-2H3. The molecule has 174 valence electrons. The van der Waals surface area contributed by atoms with Crippen molar-refractivity contribution < 1.29 is 9.47 Å². The highest BCUT2D eigenvalue weighted by Crippen LogP contribution is 2.28. The highest BCUT2D eigenvalue weighted by atomic mass is 16.5. The maximum atomic E-state index is 5.64. The zero-order chi connectivity index (χ0) is 23.3. The molecule has 2 aromatic carbocycles. The lowest BCUT2D eigenvalue weighted by molar-refractivity contribution is 0.140. The molecule has 0 saturated carbocycles. The molecular weight excluding hydrogens is 426 g/mol. The smallest absolute Gasteiger partial charge is 0.159 e. The van der Waals surface area contributed by atoms with Crippen LogP contribution >= 0.6 is 0 Å². The molecule has 0 radical (unpaired) electrons. The second kappa shape index (κ2) is 10.2. The van der Waals surface area contributed by atoms with Crippen LogP contribution in [0.1, 0.15) is 13.8 Å². The number of imidazole rings is 2. The first kappa shape index (κ1) is 22.3. The van der Waals surface area contributed by atoms with Gasteiger partial charge in [-0.15, -0.1) is 0 Å². The van der Waals surface area contributed by atoms with E-state index in [2.05, 4.69) is 21.3 Å². The summed E-state index contributed by atoms with van der Waals surface area (Å²) in [7, 11) is 0. The Bertz CT molecular complexity index is 1300. The van der Waals surface area contributed by atoms with Crippen LogP contribution in [0.5, 0.6) is 0 Å². The van der Waals surface area contributed by atoms with Crippen LogP contribution in [-0.4, -0.2) is 50.5 Å². The predicted molar refractivity (Wildman–Crippen MR) is 135 cm³/mol. The average molecular weight is 456 g/mol. The van der Waals surface area contributed by atoms with Crippen LogP contribution in [0.4, 0.5) is 0 Å². The number of pyridine rings is 1. The van der Waals surface area contributed by atoms with Gasteiger partial charge < -0.3 is 18.6 Å². The van der Waals surface area contributed by atoms with E-state index in [0.29, 0.717) is 39.5 Å². The van der Waals surface area contributed by atoms with Crippen molar-refractivity contribution in [3.05, 3.63) is 66.7 Å². The molecule has 0 unspecified atom stereocenters. The number of hydrogen-bond donors (Lipinski definition) is 0. The van der Waals surface area contributed by atoms with Gasteiger partial charge in [0.25, 0.3) is 0 Å². The second-order valence-corrected chi connectivity index (χ2v) is 7.95. The maximum absolute atomic E-state index is 5.64. The Kier molecular flexibility index (Phi) is 6.65. The van der Waals surface area contributed by atoms with Crippen molar-refractivity contribution >= 4 is 22.1 Å². The van der Waals surface area contributed by atoms with Gasteiger partial charge in [-0.3, -0.25) is 0 Å². The molecule has 3 heterocycles. The van der Waals surface area contributed by atoms with E-state index in [1.165, 1.54) is 0 Å². The molecule has 5 aromatic rings. The summed E-state index contributed by atoms with van der Waals surface area (Å²) in [6.07, 6.45) is 0. The normalized spacial score (nSPS) is 11.6. The quantitative estimate of drug-likeness (QED) is 0.271. The van der Waals surface area contributed by atoms with Crippen LogP contribution in [0.25, 0.3) is 45.1 Å². The van der Waals surface area contributed by atoms with Crippen LogP contribution in [-0.2, 0) is 22.6 Å². The molecule has 5 rings (SSSR count). The van der Waals surface area contributed by atoms with Gasteiger partial charge in [-0.05, 0) is 50.2 Å². The third-order valence-electron chi connectivity index (χ3n) is 5.84. The highest BCUT2D eigenvalue weighted by Gasteiger charge is 2.17. The van der Waals surface area contributed by atoms with E-state index < -0.39 is 0 Å². The Hall–Kier alpha value is -3.55. The van der Waals surface area contributed by atoms with E-state index in [4.69, 9.17) is 24.4 Å². The highest BCUT2D eigenvalue weighted by molar-refractivity contribution is 5.82. The number of aromatic nitrogens is 5. The fraction of sp³-hybridized carbons (Fsp3) is 0.296. The zero-order valence-electron chi connectivity index (χ0n) is 19.6. The number of ether oxygens (including phenoxy) is 2. The number of hydrogen-bond acceptors (Lipinski definition) is 5. The molecule has 0 aliphatic heterocycles. The van der Waals surface area contributed by atoms with Crippen molar-refractivity contribution in [3.8, 4) is 23.0 Å². The molecule has 7 heteroatoms. The van der Waals surface area contributed by atoms with Crippen molar-refractivity contribution in [3.63, 3.8) is 0 Å². The molecule has 0 N–H and O–H groups in total. The molecular formula is C27H29N5O2. The minimum Gasteiger partial charge on any atom is -0.380 e. The molecule has 0 amide bonds. The summed E-state index contributed by atoms with van der Waals surface area (Å²) in [6, 6.07) is 22.4. The lowest BCUT2D eigenvalue weighted by Crippen LogP contribution is -2.09. The van der Waals surface area contributed by atoms with Gasteiger partial charge in [0, 0.05) is 26.3 Å². The van der Waals surface area contributed by atoms with E-state index in [0.717, 1.165) is 45.1 Å². The number of benzene rings is 2. The number of fused-ring (bicyclic) bond motifs is 2. The minimum absolute atomic E-state index is 0.622. The maximum Gasteiger partial charge on any atom is 0.159 e. The summed E-state index contributed by atoms with van der Waals surface area (Å²) in [4.78, 5) is 14.9. The molecule has 0 atom stereocenters. The monoisotopic (exact) mass is 455 g/mol. The predicted octanol–water partition coefficient (Wildman–Crippen LogP) is 5.19. The number of para-hydroxylation sites is 4. The van der Waals surface area contributed by atoms with Crippen LogP contribution in [0, 0.1) is 0 Å². The van der Waals surface area contributed by atoms with Crippen LogP contribution < -0.4 is 0 Å². The zero-order valence-corrected chi connectivity index (χ0v) is 19.6. The van der Waals surface area contributed by atoms with Crippen molar-refractivity contribution in [2.75, 3.05) is 26.4 Å². The summed E-state index contributed by atoms with van der Waals surface area (Å²) < 4.78 is 15.7. The topological polar surface area (TPSA) is 67.0 Å². The Morgan fingerprint density at radius 1 is 0.588 bits per heavy atom. The average Bonchev–Trinajstić information content (AvgIpc) is 3.43. The molecule has 0 bridgehead atoms. The first-order chi connectivity index (χ1) is 16.8. The third kappa shape index (κ3) is 4.32. The lowest BCUT2D eigenvalue weighted by atomic mass is 10.2. The number of rotatable bonds is 10. The Balaban J connectivity index is 1.59. The Morgan fingerprint density at radius 2 is 1.06 bits per heavy atom. The summed E-state index contributed by atoms with van der Waals surface area (Å²) in [5.41, 5.74) is 5.68. The molecule has 0 saturated heterocycles. The molecule has 34 heavy (non-hydrogen) atoms. The lowest BCUT2D eigenvalue weighted by Gasteiger charge is -2.11. The Morgan fingerprint density at radius 3 is 1.53 bits per heavy atom. The van der Waals surface area contributed by atoms with E-state index in [1.807, 2.05) is 68.4 Å². The van der Waals surface area contributed by atoms with Crippen molar-refractivity contribution in [2.45, 2.75) is 26.9 Å². The van der Waals surface area contributed by atoms with Crippen LogP contribution in [0.3, 0.4) is 0 Å². The molecule has 0 fully saturated rings. The SMILES string of the molecule is CCOCCn1c(-c2cccc(-c3nc4ccccc4n3CCOCC)n2)nc2ccccc21. The molecule has 7 nitrogen and oxygen atoms in total. The molecule has 0 aliphatic carbocycles. The fourth-order valence-electron chi connectivity index (χ4n) is 4.28. The van der Waals surface area contributed by atoms with Crippen molar-refractivity contribution in [1.29, 1.82) is 0 Å². The first-order valence-corrected chi connectivity index (χ1v) is 11.8. The van der Waals surface area contributed by atoms with Gasteiger partial charge in [-0.25, -0.2) is 15.0 Å². The second-order valence-electron chi connectivity index (χ2n) is 7.95. The van der Waals surface area contributed by atoms with Crippen LogP contribution in [0.15, 0.2) is 66.7 Å². The van der Waals surface area contributed by atoms with Crippen molar-refractivity contribution in [2.24, 2.45) is 0 Å². The summed E-state index contributed by atoms with van der Waals surface area (Å²) in [6.45, 7) is 8.06. The van der Waals surface area contributed by atoms with Gasteiger partial charge >= 0.3 is 0 Å². The molecule has 0 spiro atoms. The van der Waals surface area contributed by atoms with Crippen LogP contribution in [0.2, 0.25) is 0 Å². The van der Waals surface area contributed by atoms with Gasteiger partial charge in [0.2, 0.25) is 0 Å². The molecule has 0 aliphatic rings. The van der Waals surface area contributed by atoms with E-state index >= 15 is 0 Å². The summed E-state index contributed by atoms with van der Waals surface area (Å²) >= 11 is 0. The molecule has 3 aromatic heterocycles. The minimum atomic E-state index is 0.622. The van der Waals surface area contributed by atoms with Gasteiger partial charge in [0.15, 0.2) is 11.6 Å². The largest absolute Gasteiger partial charge is 0.380 e. The van der Waals surface area contributed by atoms with Gasteiger partial charge in [-0.2, -0.15) is 0 Å². The van der Waals surface area contributed by atoms with E-state index in [9.17, 15) is 0 Å². The van der Waals surface area contributed by atoms with Crippen molar-refractivity contribution in [1.82, 2.24) is 24.1 Å². The first-order valence-electron chi connectivity index (χ1n) is 11.8. The van der Waals surface area contributed by atoms with Gasteiger partial charge in [0.1, 0.15) is 11.4 Å². The van der Waals surface area contributed by atoms with Gasteiger partial charge in [0.05, 0.1) is 35.3 Å². The summed E-state index contributed by atoms with van der Waals surface area (Å²) in [5.74, 6) is 1.67. The van der Waals surface area contributed by atoms with E-state index in [1.54, 1.807) is 0 Å². The fourth-order valence-corrected chi connectivity index (χ4v) is 4.28. The Labute approximate surface area is 199 Å².